The van der Waals surface area contributed by atoms with Crippen LogP contribution >= 0.6 is 11.3 Å². The van der Waals surface area contributed by atoms with Gasteiger partial charge in [0.15, 0.2) is 0 Å². The molecule has 16 heavy (non-hydrogen) atoms. The van der Waals surface area contributed by atoms with Gasteiger partial charge in [-0.2, -0.15) is 0 Å². The maximum Gasteiger partial charge on any atom is 0.133 e. The number of aliphatic hydroxyl groups is 1. The molecule has 1 N–H and O–H groups in total. The minimum absolute atomic E-state index is 0.255. The molecule has 1 aromatic heterocycles. The van der Waals surface area contributed by atoms with Crippen molar-refractivity contribution < 1.29 is 9.90 Å². The number of thiazole rings is 1. The fourth-order valence-corrected chi connectivity index (χ4v) is 2.99. The maximum absolute atomic E-state index is 11.2. The van der Waals surface area contributed by atoms with Gasteiger partial charge in [-0.3, -0.25) is 4.79 Å². The van der Waals surface area contributed by atoms with Crippen molar-refractivity contribution in [3.8, 4) is 0 Å². The fraction of sp³-hybridized carbons (Fsp3) is 0.667. The lowest BCUT2D eigenvalue weighted by molar-refractivity contribution is -0.125. The first-order valence-corrected chi connectivity index (χ1v) is 6.53. The molecule has 88 valence electrons. The Morgan fingerprint density at radius 2 is 2.06 bits per heavy atom. The van der Waals surface area contributed by atoms with Gasteiger partial charge in [0.25, 0.3) is 0 Å². The number of hydrogen-bond acceptors (Lipinski definition) is 4. The van der Waals surface area contributed by atoms with E-state index in [9.17, 15) is 9.90 Å². The third-order valence-corrected chi connectivity index (χ3v) is 4.62. The molecule has 1 aliphatic carbocycles. The summed E-state index contributed by atoms with van der Waals surface area (Å²) in [6.07, 6.45) is 3.85. The van der Waals surface area contributed by atoms with Crippen molar-refractivity contribution in [2.75, 3.05) is 0 Å². The van der Waals surface area contributed by atoms with Crippen molar-refractivity contribution in [2.45, 2.75) is 51.0 Å². The number of carbonyl (C=O) groups is 1. The molecule has 0 aromatic carbocycles. The highest BCUT2D eigenvalue weighted by Gasteiger charge is 2.36. The largest absolute Gasteiger partial charge is 0.383 e. The molecular formula is C12H17NO2S. The summed E-state index contributed by atoms with van der Waals surface area (Å²) in [4.78, 5) is 16.7. The summed E-state index contributed by atoms with van der Waals surface area (Å²) in [6.45, 7) is 4.23. The number of nitrogens with zero attached hydrogens (tertiary/aromatic N) is 1. The van der Waals surface area contributed by atoms with Crippen molar-refractivity contribution in [3.05, 3.63) is 16.1 Å². The third kappa shape index (κ3) is 2.18. The van der Waals surface area contributed by atoms with Crippen LogP contribution in [-0.4, -0.2) is 15.9 Å². The Labute approximate surface area is 99.5 Å². The molecule has 0 amide bonds. The molecule has 3 nitrogen and oxygen atoms in total. The summed E-state index contributed by atoms with van der Waals surface area (Å²) in [7, 11) is 0. The summed E-state index contributed by atoms with van der Waals surface area (Å²) in [5.74, 6) is 0.699. The number of aromatic nitrogens is 1. The van der Waals surface area contributed by atoms with Crippen LogP contribution < -0.4 is 0 Å². The zero-order valence-corrected chi connectivity index (χ0v) is 10.5. The van der Waals surface area contributed by atoms with Crippen molar-refractivity contribution in [1.29, 1.82) is 0 Å². The van der Waals surface area contributed by atoms with E-state index in [1.165, 1.54) is 4.88 Å². The first kappa shape index (κ1) is 11.7. The van der Waals surface area contributed by atoms with Gasteiger partial charge < -0.3 is 5.11 Å². The Bertz CT molecular complexity index is 387. The van der Waals surface area contributed by atoms with Gasteiger partial charge in [0.05, 0.1) is 0 Å². The first-order chi connectivity index (χ1) is 7.51. The normalized spacial score (nSPS) is 20.4. The van der Waals surface area contributed by atoms with E-state index in [0.29, 0.717) is 31.6 Å². The van der Waals surface area contributed by atoms with E-state index in [-0.39, 0.29) is 5.78 Å². The molecular weight excluding hydrogens is 222 g/mol. The van der Waals surface area contributed by atoms with Crippen LogP contribution in [0.1, 0.15) is 55.3 Å². The second kappa shape index (κ2) is 4.26. The van der Waals surface area contributed by atoms with E-state index < -0.39 is 5.60 Å². The van der Waals surface area contributed by atoms with Crippen LogP contribution in [0.25, 0.3) is 0 Å². The Morgan fingerprint density at radius 1 is 1.44 bits per heavy atom. The Morgan fingerprint density at radius 3 is 2.56 bits per heavy atom. The average Bonchev–Trinajstić information content (AvgIpc) is 2.72. The van der Waals surface area contributed by atoms with Crippen molar-refractivity contribution in [3.63, 3.8) is 0 Å². The molecule has 0 saturated heterocycles. The molecule has 1 saturated carbocycles. The number of hydrogen-bond donors (Lipinski definition) is 1. The second-order valence-electron chi connectivity index (χ2n) is 4.79. The number of ketones is 1. The summed E-state index contributed by atoms with van der Waals surface area (Å²) in [5.41, 5.74) is -0.855. The van der Waals surface area contributed by atoms with Gasteiger partial charge in [-0.05, 0) is 18.8 Å². The molecule has 0 atom stereocenters. The van der Waals surface area contributed by atoms with Gasteiger partial charge in [-0.15, -0.1) is 11.3 Å². The predicted octanol–water partition coefficient (Wildman–Crippen LogP) is 2.60. The van der Waals surface area contributed by atoms with E-state index in [0.717, 1.165) is 5.01 Å². The van der Waals surface area contributed by atoms with Crippen LogP contribution in [0.4, 0.5) is 0 Å². The SMILES string of the molecule is CC(C)c1cnc(C2(O)CCC(=O)CC2)s1. The molecule has 0 spiro atoms. The summed E-state index contributed by atoms with van der Waals surface area (Å²) in [6, 6.07) is 0. The van der Waals surface area contributed by atoms with Crippen molar-refractivity contribution in [2.24, 2.45) is 0 Å². The standard InChI is InChI=1S/C12H17NO2S/c1-8(2)10-7-13-11(16-10)12(15)5-3-9(14)4-6-12/h7-8,15H,3-6H2,1-2H3. The molecule has 4 heteroatoms. The van der Waals surface area contributed by atoms with E-state index >= 15 is 0 Å². The van der Waals surface area contributed by atoms with E-state index in [1.807, 2.05) is 6.20 Å². The van der Waals surface area contributed by atoms with E-state index in [1.54, 1.807) is 11.3 Å². The monoisotopic (exact) mass is 239 g/mol. The molecule has 0 unspecified atom stereocenters. The molecule has 0 bridgehead atoms. The summed E-state index contributed by atoms with van der Waals surface area (Å²) < 4.78 is 0. The molecule has 0 aliphatic heterocycles. The Kier molecular flexibility index (Phi) is 3.13. The van der Waals surface area contributed by atoms with Crippen LogP contribution in [0.5, 0.6) is 0 Å². The van der Waals surface area contributed by atoms with Gasteiger partial charge in [-0.1, -0.05) is 13.8 Å². The van der Waals surface area contributed by atoms with Crippen LogP contribution in [0.3, 0.4) is 0 Å². The fourth-order valence-electron chi connectivity index (χ4n) is 1.92. The highest BCUT2D eigenvalue weighted by Crippen LogP contribution is 2.38. The molecule has 1 aliphatic rings. The van der Waals surface area contributed by atoms with Gasteiger partial charge in [-0.25, -0.2) is 4.98 Å². The minimum atomic E-state index is -0.855. The van der Waals surface area contributed by atoms with E-state index in [2.05, 4.69) is 18.8 Å². The summed E-state index contributed by atoms with van der Waals surface area (Å²) >= 11 is 1.58. The zero-order chi connectivity index (χ0) is 11.8. The predicted molar refractivity (Wildman–Crippen MR) is 63.6 cm³/mol. The smallest absolute Gasteiger partial charge is 0.133 e. The summed E-state index contributed by atoms with van der Waals surface area (Å²) in [5, 5.41) is 11.2. The molecule has 1 heterocycles. The topological polar surface area (TPSA) is 50.2 Å². The first-order valence-electron chi connectivity index (χ1n) is 5.71. The third-order valence-electron chi connectivity index (χ3n) is 3.13. The van der Waals surface area contributed by atoms with Crippen molar-refractivity contribution >= 4 is 17.1 Å². The van der Waals surface area contributed by atoms with Crippen LogP contribution in [0, 0.1) is 0 Å². The zero-order valence-electron chi connectivity index (χ0n) is 9.69. The van der Waals surface area contributed by atoms with Crippen LogP contribution in [0.15, 0.2) is 6.20 Å². The van der Waals surface area contributed by atoms with E-state index in [4.69, 9.17) is 0 Å². The molecule has 2 rings (SSSR count). The number of Topliss-reactive ketones (excluding diaryl/α,β-unsaturated/α-hetero) is 1. The van der Waals surface area contributed by atoms with Crippen LogP contribution in [-0.2, 0) is 10.4 Å². The van der Waals surface area contributed by atoms with Gasteiger partial charge >= 0.3 is 0 Å². The molecule has 1 aromatic rings. The van der Waals surface area contributed by atoms with Gasteiger partial charge in [0, 0.05) is 23.9 Å². The molecule has 0 radical (unpaired) electrons. The lowest BCUT2D eigenvalue weighted by atomic mass is 9.85. The quantitative estimate of drug-likeness (QED) is 0.863. The highest BCUT2D eigenvalue weighted by atomic mass is 32.1. The Balaban J connectivity index is 2.19. The average molecular weight is 239 g/mol. The van der Waals surface area contributed by atoms with Crippen LogP contribution in [0.2, 0.25) is 0 Å². The van der Waals surface area contributed by atoms with Crippen molar-refractivity contribution in [1.82, 2.24) is 4.98 Å². The maximum atomic E-state index is 11.2. The van der Waals surface area contributed by atoms with Gasteiger partial charge in [0.1, 0.15) is 16.4 Å². The second-order valence-corrected chi connectivity index (χ2v) is 5.85. The number of rotatable bonds is 2. The Hall–Kier alpha value is -0.740. The molecule has 1 fully saturated rings. The highest BCUT2D eigenvalue weighted by molar-refractivity contribution is 7.11. The lowest BCUT2D eigenvalue weighted by Gasteiger charge is -2.29. The number of carbonyl (C=O) groups excluding carboxylic acids is 1. The lowest BCUT2D eigenvalue weighted by Crippen LogP contribution is -2.31. The minimum Gasteiger partial charge on any atom is -0.383 e. The van der Waals surface area contributed by atoms with Gasteiger partial charge in [0.2, 0.25) is 0 Å².